The van der Waals surface area contributed by atoms with Crippen molar-refractivity contribution in [3.8, 4) is 0 Å². The molecule has 0 aromatic heterocycles. The molecule has 0 fully saturated rings. The maximum atomic E-state index is 12.0. The summed E-state index contributed by atoms with van der Waals surface area (Å²) in [5.41, 5.74) is -0.271. The molecule has 1 aromatic rings. The van der Waals surface area contributed by atoms with Crippen LogP contribution in [0.4, 0.5) is 0 Å². The van der Waals surface area contributed by atoms with Gasteiger partial charge in [0.2, 0.25) is 0 Å². The summed E-state index contributed by atoms with van der Waals surface area (Å²) in [4.78, 5) is 23.4. The number of ether oxygens (including phenoxy) is 2. The fourth-order valence-corrected chi connectivity index (χ4v) is 2.32. The van der Waals surface area contributed by atoms with Crippen LogP contribution in [0, 0.1) is 0 Å². The van der Waals surface area contributed by atoms with Gasteiger partial charge in [0.25, 0.3) is 10.1 Å². The molecule has 0 spiro atoms. The first-order valence-corrected chi connectivity index (χ1v) is 9.20. The van der Waals surface area contributed by atoms with Gasteiger partial charge in [-0.05, 0) is 31.0 Å². The largest absolute Gasteiger partial charge is 2.00 e. The quantitative estimate of drug-likeness (QED) is 0.242. The number of rotatable bonds is 9. The Morgan fingerprint density at radius 2 is 1.36 bits per heavy atom. The zero-order valence-corrected chi connectivity index (χ0v) is 19.7. The van der Waals surface area contributed by atoms with Gasteiger partial charge in [0, 0.05) is 0 Å². The fraction of sp³-hybridized carbons (Fsp3) is 0.500. The van der Waals surface area contributed by atoms with Crippen LogP contribution >= 0.6 is 0 Å². The molecule has 0 aliphatic rings. The number of hydrogen-bond acceptors (Lipinski definition) is 6. The van der Waals surface area contributed by atoms with Crippen molar-refractivity contribution in [2.45, 2.75) is 44.4 Å². The molecule has 25 heavy (non-hydrogen) atoms. The van der Waals surface area contributed by atoms with E-state index in [4.69, 9.17) is 9.47 Å². The molecule has 0 heterocycles. The van der Waals surface area contributed by atoms with E-state index in [-0.39, 0.29) is 76.1 Å². The molecule has 1 N–H and O–H groups in total. The monoisotopic (exact) mass is 498 g/mol. The Kier molecular flexibility index (Phi) is 11.9. The van der Waals surface area contributed by atoms with Gasteiger partial charge in [-0.3, -0.25) is 4.55 Å². The summed E-state index contributed by atoms with van der Waals surface area (Å²) in [6.07, 6.45) is 2.98. The predicted octanol–water partition coefficient (Wildman–Crippen LogP) is 2.69. The van der Waals surface area contributed by atoms with Gasteiger partial charge < -0.3 is 12.3 Å². The molecule has 0 radical (unpaired) electrons. The van der Waals surface area contributed by atoms with Gasteiger partial charge >= 0.3 is 60.8 Å². The van der Waals surface area contributed by atoms with Gasteiger partial charge in [0.1, 0.15) is 0 Å². The predicted molar refractivity (Wildman–Crippen MR) is 94.6 cm³/mol. The summed E-state index contributed by atoms with van der Waals surface area (Å²) < 4.78 is 41.9. The molecule has 0 aliphatic heterocycles. The van der Waals surface area contributed by atoms with Gasteiger partial charge in [0.05, 0.1) is 29.2 Å². The summed E-state index contributed by atoms with van der Waals surface area (Å²) in [6.45, 7) is 4.22. The van der Waals surface area contributed by atoms with Crippen molar-refractivity contribution >= 4 is 70.9 Å². The molecule has 1 rings (SSSR count). The Labute approximate surface area is 191 Å². The van der Waals surface area contributed by atoms with Gasteiger partial charge in [-0.25, -0.2) is 9.59 Å². The Hall–Kier alpha value is -0.359. The maximum absolute atomic E-state index is 12.0. The van der Waals surface area contributed by atoms with Crippen LogP contribution in [-0.2, 0) is 19.6 Å². The standard InChI is InChI=1S/C16H22O7S.Ba.2H/c1-3-5-7-22-15(17)12-9-13(16(18)23-8-6-4-2)11-14(10-12)24(19,20)21;;;/h9-11H,3-8H2,1-2H3,(H,19,20,21);;;/q;+2;2*-1. The van der Waals surface area contributed by atoms with Crippen molar-refractivity contribution in [1.82, 2.24) is 0 Å². The van der Waals surface area contributed by atoms with E-state index >= 15 is 0 Å². The molecule has 0 saturated carbocycles. The number of hydrogen-bond donors (Lipinski definition) is 1. The first kappa shape index (κ1) is 24.6. The molecule has 7 nitrogen and oxygen atoms in total. The van der Waals surface area contributed by atoms with E-state index in [1.165, 1.54) is 6.07 Å². The third kappa shape index (κ3) is 8.72. The number of esters is 2. The average molecular weight is 498 g/mol. The number of carbonyl (C=O) groups is 2. The molecule has 0 saturated heterocycles. The SMILES string of the molecule is CCCCOC(=O)c1cc(C(=O)OCCCC)cc(S(=O)(=O)O)c1.[Ba+2].[H-].[H-]. The van der Waals surface area contributed by atoms with Crippen molar-refractivity contribution in [3.05, 3.63) is 29.3 Å². The number of benzene rings is 1. The van der Waals surface area contributed by atoms with Gasteiger partial charge in [-0.15, -0.1) is 0 Å². The second-order valence-electron chi connectivity index (χ2n) is 5.20. The maximum Gasteiger partial charge on any atom is 2.00 e. The van der Waals surface area contributed by atoms with E-state index in [0.29, 0.717) is 12.8 Å². The fourth-order valence-electron chi connectivity index (χ4n) is 1.77. The second-order valence-corrected chi connectivity index (χ2v) is 6.62. The summed E-state index contributed by atoms with van der Waals surface area (Å²) >= 11 is 0. The minimum absolute atomic E-state index is 0. The topological polar surface area (TPSA) is 107 Å². The minimum Gasteiger partial charge on any atom is -1.00 e. The molecule has 0 unspecified atom stereocenters. The molecule has 1 aromatic carbocycles. The summed E-state index contributed by atoms with van der Waals surface area (Å²) in [6, 6.07) is 3.12. The van der Waals surface area contributed by atoms with E-state index in [1.54, 1.807) is 0 Å². The molecular weight excluding hydrogens is 474 g/mol. The third-order valence-corrected chi connectivity index (χ3v) is 3.97. The molecule has 0 bridgehead atoms. The van der Waals surface area contributed by atoms with E-state index in [9.17, 15) is 22.6 Å². The van der Waals surface area contributed by atoms with Crippen molar-refractivity contribution in [2.75, 3.05) is 13.2 Å². The molecular formula is C16H24BaO7S. The summed E-state index contributed by atoms with van der Waals surface area (Å²) in [5.74, 6) is -1.53. The summed E-state index contributed by atoms with van der Waals surface area (Å²) in [7, 11) is -4.58. The van der Waals surface area contributed by atoms with Crippen LogP contribution in [0.3, 0.4) is 0 Å². The van der Waals surface area contributed by atoms with Crippen molar-refractivity contribution in [2.24, 2.45) is 0 Å². The smallest absolute Gasteiger partial charge is 1.00 e. The van der Waals surface area contributed by atoms with Crippen molar-refractivity contribution in [1.29, 1.82) is 0 Å². The first-order valence-electron chi connectivity index (χ1n) is 7.76. The van der Waals surface area contributed by atoms with Crippen LogP contribution in [-0.4, -0.2) is 87.0 Å². The summed E-state index contributed by atoms with van der Waals surface area (Å²) in [5, 5.41) is 0. The number of carbonyl (C=O) groups excluding carboxylic acids is 2. The van der Waals surface area contributed by atoms with Crippen LogP contribution in [0.5, 0.6) is 0 Å². The Balaban J connectivity index is -0.00000192. The van der Waals surface area contributed by atoms with Crippen LogP contribution in [0.25, 0.3) is 0 Å². The van der Waals surface area contributed by atoms with Gasteiger partial charge in [0.15, 0.2) is 0 Å². The van der Waals surface area contributed by atoms with Gasteiger partial charge in [-0.1, -0.05) is 26.7 Å². The molecule has 0 aliphatic carbocycles. The van der Waals surface area contributed by atoms with Crippen LogP contribution in [0.2, 0.25) is 0 Å². The van der Waals surface area contributed by atoms with E-state index in [0.717, 1.165) is 25.0 Å². The number of unbranched alkanes of at least 4 members (excludes halogenated alkanes) is 2. The first-order chi connectivity index (χ1) is 11.3. The van der Waals surface area contributed by atoms with Crippen LogP contribution < -0.4 is 0 Å². The van der Waals surface area contributed by atoms with Crippen molar-refractivity contribution in [3.63, 3.8) is 0 Å². The second kappa shape index (κ2) is 12.1. The molecule has 0 amide bonds. The normalized spacial score (nSPS) is 10.7. The Morgan fingerprint density at radius 1 is 0.960 bits per heavy atom. The van der Waals surface area contributed by atoms with E-state index in [1.807, 2.05) is 13.8 Å². The molecule has 9 heteroatoms. The zero-order chi connectivity index (χ0) is 18.2. The van der Waals surface area contributed by atoms with E-state index in [2.05, 4.69) is 0 Å². The van der Waals surface area contributed by atoms with Crippen molar-refractivity contribution < 1.29 is 34.9 Å². The van der Waals surface area contributed by atoms with Gasteiger partial charge in [-0.2, -0.15) is 8.42 Å². The molecule has 138 valence electrons. The average Bonchev–Trinajstić information content (AvgIpc) is 2.53. The molecule has 0 atom stereocenters. The van der Waals surface area contributed by atoms with E-state index < -0.39 is 27.0 Å². The van der Waals surface area contributed by atoms with Crippen LogP contribution in [0.1, 0.15) is 63.1 Å². The Morgan fingerprint density at radius 3 is 1.68 bits per heavy atom. The third-order valence-electron chi connectivity index (χ3n) is 3.14. The van der Waals surface area contributed by atoms with Crippen LogP contribution in [0.15, 0.2) is 23.1 Å². The Bertz CT molecular complexity index is 656. The minimum atomic E-state index is -4.58. The zero-order valence-electron chi connectivity index (χ0n) is 16.5.